The maximum Gasteiger partial charge on any atom is 0.0754 e. The summed E-state index contributed by atoms with van der Waals surface area (Å²) in [5.41, 5.74) is 0. The fourth-order valence-electron chi connectivity index (χ4n) is 2.25. The average molecular weight is 199 g/mol. The summed E-state index contributed by atoms with van der Waals surface area (Å²) in [5.74, 6) is 0.603. The number of morpholine rings is 1. The molecule has 2 saturated heterocycles. The van der Waals surface area contributed by atoms with Crippen LogP contribution in [0.4, 0.5) is 0 Å². The quantitative estimate of drug-likeness (QED) is 0.688. The molecule has 2 fully saturated rings. The Morgan fingerprint density at radius 1 is 1.29 bits per heavy atom. The minimum absolute atomic E-state index is 0.329. The highest BCUT2D eigenvalue weighted by atomic mass is 16.5. The minimum atomic E-state index is 0.329. The molecule has 82 valence electrons. The van der Waals surface area contributed by atoms with Crippen molar-refractivity contribution in [3.05, 3.63) is 0 Å². The van der Waals surface area contributed by atoms with Gasteiger partial charge in [0.05, 0.1) is 18.8 Å². The third-order valence-corrected chi connectivity index (χ3v) is 3.46. The molecule has 2 aliphatic heterocycles. The van der Waals surface area contributed by atoms with Crippen LogP contribution in [-0.4, -0.2) is 38.0 Å². The van der Waals surface area contributed by atoms with E-state index in [1.165, 1.54) is 12.8 Å². The molecule has 0 spiro atoms. The van der Waals surface area contributed by atoms with Gasteiger partial charge < -0.3 is 14.8 Å². The first-order chi connectivity index (χ1) is 6.77. The van der Waals surface area contributed by atoms with Crippen molar-refractivity contribution in [2.24, 2.45) is 5.92 Å². The van der Waals surface area contributed by atoms with Gasteiger partial charge in [-0.05, 0) is 26.7 Å². The molecule has 0 aromatic heterocycles. The standard InChI is InChI=1S/C11H21NO2/c1-8-9(2)14-11(6-12-8)10-4-3-5-13-7-10/h8-12H,3-7H2,1-2H3. The predicted molar refractivity (Wildman–Crippen MR) is 55.3 cm³/mol. The molecule has 2 rings (SSSR count). The molecule has 0 saturated carbocycles. The van der Waals surface area contributed by atoms with Gasteiger partial charge >= 0.3 is 0 Å². The van der Waals surface area contributed by atoms with E-state index < -0.39 is 0 Å². The van der Waals surface area contributed by atoms with Crippen LogP contribution in [0.2, 0.25) is 0 Å². The number of hydrogen-bond acceptors (Lipinski definition) is 3. The summed E-state index contributed by atoms with van der Waals surface area (Å²) >= 11 is 0. The van der Waals surface area contributed by atoms with E-state index >= 15 is 0 Å². The normalized spacial score (nSPS) is 45.0. The van der Waals surface area contributed by atoms with E-state index in [-0.39, 0.29) is 0 Å². The van der Waals surface area contributed by atoms with Crippen molar-refractivity contribution in [1.82, 2.24) is 5.32 Å². The molecule has 14 heavy (non-hydrogen) atoms. The van der Waals surface area contributed by atoms with Crippen molar-refractivity contribution in [2.75, 3.05) is 19.8 Å². The van der Waals surface area contributed by atoms with Crippen molar-refractivity contribution >= 4 is 0 Å². The van der Waals surface area contributed by atoms with Crippen molar-refractivity contribution in [1.29, 1.82) is 0 Å². The molecule has 1 N–H and O–H groups in total. The van der Waals surface area contributed by atoms with Gasteiger partial charge in [-0.15, -0.1) is 0 Å². The largest absolute Gasteiger partial charge is 0.381 e. The number of nitrogens with one attached hydrogen (secondary N) is 1. The predicted octanol–water partition coefficient (Wildman–Crippen LogP) is 1.18. The Labute approximate surface area is 86.2 Å². The van der Waals surface area contributed by atoms with E-state index in [0.717, 1.165) is 19.8 Å². The molecule has 4 atom stereocenters. The molecule has 4 unspecified atom stereocenters. The monoisotopic (exact) mass is 199 g/mol. The molecule has 0 aromatic carbocycles. The number of ether oxygens (including phenoxy) is 2. The van der Waals surface area contributed by atoms with Crippen LogP contribution < -0.4 is 5.32 Å². The average Bonchev–Trinajstić information content (AvgIpc) is 2.23. The van der Waals surface area contributed by atoms with Gasteiger partial charge in [-0.2, -0.15) is 0 Å². The first-order valence-corrected chi connectivity index (χ1v) is 5.74. The van der Waals surface area contributed by atoms with Crippen LogP contribution in [-0.2, 0) is 9.47 Å². The molecule has 0 aliphatic carbocycles. The maximum atomic E-state index is 6.00. The summed E-state index contributed by atoms with van der Waals surface area (Å²) in [5, 5.41) is 3.50. The second-order valence-corrected chi connectivity index (χ2v) is 4.55. The summed E-state index contributed by atoms with van der Waals surface area (Å²) in [6, 6.07) is 0.482. The highest BCUT2D eigenvalue weighted by molar-refractivity contribution is 4.83. The molecule has 3 heteroatoms. The lowest BCUT2D eigenvalue weighted by atomic mass is 9.94. The third-order valence-electron chi connectivity index (χ3n) is 3.46. The summed E-state index contributed by atoms with van der Waals surface area (Å²) in [7, 11) is 0. The van der Waals surface area contributed by atoms with Crippen LogP contribution in [0, 0.1) is 5.92 Å². The van der Waals surface area contributed by atoms with Gasteiger partial charge in [-0.25, -0.2) is 0 Å². The molecule has 2 aliphatic rings. The lowest BCUT2D eigenvalue weighted by Crippen LogP contribution is -2.53. The number of rotatable bonds is 1. The van der Waals surface area contributed by atoms with E-state index in [0.29, 0.717) is 24.2 Å². The topological polar surface area (TPSA) is 30.5 Å². The zero-order valence-corrected chi connectivity index (χ0v) is 9.16. The molecule has 3 nitrogen and oxygen atoms in total. The summed E-state index contributed by atoms with van der Waals surface area (Å²) in [6.45, 7) is 7.13. The van der Waals surface area contributed by atoms with Gasteiger partial charge in [0, 0.05) is 25.1 Å². The van der Waals surface area contributed by atoms with E-state index in [1.54, 1.807) is 0 Å². The van der Waals surface area contributed by atoms with E-state index in [4.69, 9.17) is 9.47 Å². The fraction of sp³-hybridized carbons (Fsp3) is 1.00. The van der Waals surface area contributed by atoms with Crippen molar-refractivity contribution in [3.63, 3.8) is 0 Å². The molecule has 0 bridgehead atoms. The second-order valence-electron chi connectivity index (χ2n) is 4.55. The van der Waals surface area contributed by atoms with Crippen LogP contribution in [0.25, 0.3) is 0 Å². The Kier molecular flexibility index (Phi) is 3.42. The molecule has 0 aromatic rings. The molecule has 2 heterocycles. The SMILES string of the molecule is CC1NCC(C2CCCOC2)OC1C. The summed E-state index contributed by atoms with van der Waals surface area (Å²) in [6.07, 6.45) is 3.14. The Morgan fingerprint density at radius 2 is 2.14 bits per heavy atom. The molecular formula is C11H21NO2. The minimum Gasteiger partial charge on any atom is -0.381 e. The highest BCUT2D eigenvalue weighted by Crippen LogP contribution is 2.23. The maximum absolute atomic E-state index is 6.00. The van der Waals surface area contributed by atoms with Gasteiger partial charge in [0.15, 0.2) is 0 Å². The van der Waals surface area contributed by atoms with Gasteiger partial charge in [0.25, 0.3) is 0 Å². The number of hydrogen-bond donors (Lipinski definition) is 1. The van der Waals surface area contributed by atoms with E-state index in [2.05, 4.69) is 19.2 Å². The Hall–Kier alpha value is -0.120. The van der Waals surface area contributed by atoms with Crippen molar-refractivity contribution in [3.8, 4) is 0 Å². The van der Waals surface area contributed by atoms with Gasteiger partial charge in [-0.3, -0.25) is 0 Å². The van der Waals surface area contributed by atoms with Gasteiger partial charge in [0.2, 0.25) is 0 Å². The van der Waals surface area contributed by atoms with Crippen LogP contribution in [0.5, 0.6) is 0 Å². The van der Waals surface area contributed by atoms with Crippen LogP contribution in [0.3, 0.4) is 0 Å². The smallest absolute Gasteiger partial charge is 0.0754 e. The fourth-order valence-corrected chi connectivity index (χ4v) is 2.25. The van der Waals surface area contributed by atoms with E-state index in [9.17, 15) is 0 Å². The molecule has 0 radical (unpaired) electrons. The zero-order chi connectivity index (χ0) is 9.97. The van der Waals surface area contributed by atoms with Crippen LogP contribution in [0.1, 0.15) is 26.7 Å². The first-order valence-electron chi connectivity index (χ1n) is 5.74. The van der Waals surface area contributed by atoms with Crippen LogP contribution >= 0.6 is 0 Å². The lowest BCUT2D eigenvalue weighted by molar-refractivity contribution is -0.103. The summed E-state index contributed by atoms with van der Waals surface area (Å²) in [4.78, 5) is 0. The highest BCUT2D eigenvalue weighted by Gasteiger charge is 2.31. The molecule has 0 amide bonds. The Morgan fingerprint density at radius 3 is 2.79 bits per heavy atom. The first kappa shape index (κ1) is 10.4. The zero-order valence-electron chi connectivity index (χ0n) is 9.16. The van der Waals surface area contributed by atoms with Crippen molar-refractivity contribution in [2.45, 2.75) is 44.9 Å². The van der Waals surface area contributed by atoms with Crippen molar-refractivity contribution < 1.29 is 9.47 Å². The van der Waals surface area contributed by atoms with E-state index in [1.807, 2.05) is 0 Å². The molecular weight excluding hydrogens is 178 g/mol. The second kappa shape index (κ2) is 4.60. The summed E-state index contributed by atoms with van der Waals surface area (Å²) < 4.78 is 11.5. The Bertz CT molecular complexity index is 180. The lowest BCUT2D eigenvalue weighted by Gasteiger charge is -2.39. The van der Waals surface area contributed by atoms with Crippen LogP contribution in [0.15, 0.2) is 0 Å². The Balaban J connectivity index is 1.85. The van der Waals surface area contributed by atoms with Gasteiger partial charge in [0.1, 0.15) is 0 Å². The third kappa shape index (κ3) is 2.27. The van der Waals surface area contributed by atoms with Gasteiger partial charge in [-0.1, -0.05) is 0 Å².